The van der Waals surface area contributed by atoms with E-state index in [1.54, 1.807) is 12.1 Å². The fourth-order valence-electron chi connectivity index (χ4n) is 1.81. The lowest BCUT2D eigenvalue weighted by Crippen LogP contribution is -2.23. The quantitative estimate of drug-likeness (QED) is 0.485. The zero-order valence-corrected chi connectivity index (χ0v) is 11.6. The molecule has 0 bridgehead atoms. The standard InChI is InChI=1S/C13H15N3O3S/c14-5-1-2-6-15-13(17)12-8-9-7-10(16(18)19)3-4-11(9)20-12/h3-4,7-8H,1-2,5-6,14H2,(H,15,17). The molecule has 0 saturated heterocycles. The van der Waals surface area contributed by atoms with Crippen LogP contribution in [-0.2, 0) is 0 Å². The van der Waals surface area contributed by atoms with E-state index < -0.39 is 4.92 Å². The lowest BCUT2D eigenvalue weighted by Gasteiger charge is -2.01. The highest BCUT2D eigenvalue weighted by Gasteiger charge is 2.12. The van der Waals surface area contributed by atoms with Crippen molar-refractivity contribution in [2.24, 2.45) is 5.73 Å². The summed E-state index contributed by atoms with van der Waals surface area (Å²) in [5, 5.41) is 14.2. The molecule has 0 spiro atoms. The van der Waals surface area contributed by atoms with Crippen molar-refractivity contribution >= 4 is 33.0 Å². The number of nitro groups is 1. The molecule has 0 saturated carbocycles. The van der Waals surface area contributed by atoms with Crippen LogP contribution in [0.1, 0.15) is 22.5 Å². The monoisotopic (exact) mass is 293 g/mol. The SMILES string of the molecule is NCCCCNC(=O)c1cc2cc([N+](=O)[O-])ccc2s1. The first-order chi connectivity index (χ1) is 9.61. The summed E-state index contributed by atoms with van der Waals surface area (Å²) in [6.45, 7) is 1.20. The summed E-state index contributed by atoms with van der Waals surface area (Å²) >= 11 is 1.33. The number of carbonyl (C=O) groups is 1. The molecule has 6 nitrogen and oxygen atoms in total. The molecule has 0 aliphatic carbocycles. The Morgan fingerprint density at radius 3 is 2.85 bits per heavy atom. The Labute approximate surface area is 119 Å². The van der Waals surface area contributed by atoms with E-state index in [1.807, 2.05) is 0 Å². The van der Waals surface area contributed by atoms with E-state index in [9.17, 15) is 14.9 Å². The molecule has 7 heteroatoms. The van der Waals surface area contributed by atoms with Crippen LogP contribution >= 0.6 is 11.3 Å². The predicted octanol–water partition coefficient (Wildman–Crippen LogP) is 2.28. The maximum Gasteiger partial charge on any atom is 0.270 e. The number of thiophene rings is 1. The predicted molar refractivity (Wildman–Crippen MR) is 79.1 cm³/mol. The van der Waals surface area contributed by atoms with Gasteiger partial charge in [-0.1, -0.05) is 0 Å². The zero-order valence-electron chi connectivity index (χ0n) is 10.8. The van der Waals surface area contributed by atoms with Crippen molar-refractivity contribution in [1.29, 1.82) is 0 Å². The molecule has 0 fully saturated rings. The summed E-state index contributed by atoms with van der Waals surface area (Å²) in [6, 6.07) is 6.29. The van der Waals surface area contributed by atoms with E-state index in [1.165, 1.54) is 23.5 Å². The number of fused-ring (bicyclic) bond motifs is 1. The Bertz CT molecular complexity index is 639. The number of benzene rings is 1. The number of nitrogens with two attached hydrogens (primary N) is 1. The Morgan fingerprint density at radius 1 is 1.35 bits per heavy atom. The second-order valence-electron chi connectivity index (χ2n) is 4.34. The van der Waals surface area contributed by atoms with Gasteiger partial charge in [0, 0.05) is 28.8 Å². The minimum Gasteiger partial charge on any atom is -0.351 e. The van der Waals surface area contributed by atoms with Gasteiger partial charge in [-0.25, -0.2) is 0 Å². The van der Waals surface area contributed by atoms with E-state index in [0.717, 1.165) is 22.9 Å². The van der Waals surface area contributed by atoms with Gasteiger partial charge in [-0.2, -0.15) is 0 Å². The van der Waals surface area contributed by atoms with Crippen LogP contribution in [0.5, 0.6) is 0 Å². The van der Waals surface area contributed by atoms with Gasteiger partial charge in [-0.15, -0.1) is 11.3 Å². The fraction of sp³-hybridized carbons (Fsp3) is 0.308. The molecule has 106 valence electrons. The molecule has 0 aliphatic heterocycles. The fourth-order valence-corrected chi connectivity index (χ4v) is 2.77. The van der Waals surface area contributed by atoms with E-state index in [4.69, 9.17) is 5.73 Å². The maximum absolute atomic E-state index is 11.9. The first-order valence-corrected chi connectivity index (χ1v) is 7.09. The number of nitrogens with zero attached hydrogens (tertiary/aromatic N) is 1. The Kier molecular flexibility index (Phi) is 4.65. The minimum absolute atomic E-state index is 0.0326. The smallest absolute Gasteiger partial charge is 0.270 e. The van der Waals surface area contributed by atoms with Gasteiger partial charge >= 0.3 is 0 Å². The average Bonchev–Trinajstić information content (AvgIpc) is 2.86. The molecule has 0 atom stereocenters. The molecule has 1 aromatic heterocycles. The topological polar surface area (TPSA) is 98.3 Å². The third-order valence-electron chi connectivity index (χ3n) is 2.85. The molecule has 3 N–H and O–H groups in total. The zero-order chi connectivity index (χ0) is 14.5. The number of amides is 1. The molecule has 2 aromatic rings. The number of hydrogen-bond acceptors (Lipinski definition) is 5. The van der Waals surface area contributed by atoms with Gasteiger partial charge in [0.05, 0.1) is 9.80 Å². The first kappa shape index (κ1) is 14.4. The van der Waals surface area contributed by atoms with E-state index >= 15 is 0 Å². The highest BCUT2D eigenvalue weighted by Crippen LogP contribution is 2.28. The van der Waals surface area contributed by atoms with Crippen LogP contribution in [0, 0.1) is 10.1 Å². The van der Waals surface area contributed by atoms with Crippen molar-refractivity contribution in [1.82, 2.24) is 5.32 Å². The van der Waals surface area contributed by atoms with E-state index in [0.29, 0.717) is 18.0 Å². The third kappa shape index (κ3) is 3.31. The van der Waals surface area contributed by atoms with Gasteiger partial charge in [0.25, 0.3) is 11.6 Å². The van der Waals surface area contributed by atoms with Gasteiger partial charge in [0.1, 0.15) is 0 Å². The van der Waals surface area contributed by atoms with Crippen molar-refractivity contribution in [3.05, 3.63) is 39.3 Å². The molecule has 20 heavy (non-hydrogen) atoms. The number of unbranched alkanes of at least 4 members (excludes halogenated alkanes) is 1. The molecule has 1 aromatic carbocycles. The third-order valence-corrected chi connectivity index (χ3v) is 3.97. The molecular weight excluding hydrogens is 278 g/mol. The van der Waals surface area contributed by atoms with Crippen molar-refractivity contribution in [2.75, 3.05) is 13.1 Å². The lowest BCUT2D eigenvalue weighted by molar-refractivity contribution is -0.384. The van der Waals surface area contributed by atoms with Crippen LogP contribution < -0.4 is 11.1 Å². The van der Waals surface area contributed by atoms with E-state index in [-0.39, 0.29) is 11.6 Å². The van der Waals surface area contributed by atoms with Crippen LogP contribution in [-0.4, -0.2) is 23.9 Å². The van der Waals surface area contributed by atoms with Gasteiger partial charge < -0.3 is 11.1 Å². The maximum atomic E-state index is 11.9. The van der Waals surface area contributed by atoms with Gasteiger partial charge in [-0.05, 0) is 31.5 Å². The average molecular weight is 293 g/mol. The van der Waals surface area contributed by atoms with Crippen molar-refractivity contribution in [3.8, 4) is 0 Å². The number of non-ortho nitro benzene ring substituents is 1. The second kappa shape index (κ2) is 6.44. The molecule has 0 radical (unpaired) electrons. The Balaban J connectivity index is 2.11. The number of rotatable bonds is 6. The van der Waals surface area contributed by atoms with Crippen LogP contribution in [0.2, 0.25) is 0 Å². The van der Waals surface area contributed by atoms with E-state index in [2.05, 4.69) is 5.32 Å². The lowest BCUT2D eigenvalue weighted by atomic mass is 10.2. The molecule has 0 aliphatic rings. The Morgan fingerprint density at radius 2 is 2.15 bits per heavy atom. The summed E-state index contributed by atoms with van der Waals surface area (Å²) in [6.07, 6.45) is 1.72. The van der Waals surface area contributed by atoms with Crippen LogP contribution in [0.4, 0.5) is 5.69 Å². The van der Waals surface area contributed by atoms with Gasteiger partial charge in [-0.3, -0.25) is 14.9 Å². The van der Waals surface area contributed by atoms with Gasteiger partial charge in [0.2, 0.25) is 0 Å². The van der Waals surface area contributed by atoms with Crippen molar-refractivity contribution in [3.63, 3.8) is 0 Å². The second-order valence-corrected chi connectivity index (χ2v) is 5.43. The first-order valence-electron chi connectivity index (χ1n) is 6.28. The van der Waals surface area contributed by atoms with Crippen LogP contribution in [0.3, 0.4) is 0 Å². The van der Waals surface area contributed by atoms with Crippen LogP contribution in [0.15, 0.2) is 24.3 Å². The van der Waals surface area contributed by atoms with Gasteiger partial charge in [0.15, 0.2) is 0 Å². The minimum atomic E-state index is -0.441. The molecule has 2 rings (SSSR count). The number of nitro benzene ring substituents is 1. The largest absolute Gasteiger partial charge is 0.351 e. The summed E-state index contributed by atoms with van der Waals surface area (Å²) < 4.78 is 0.864. The van der Waals surface area contributed by atoms with Crippen molar-refractivity contribution < 1.29 is 9.72 Å². The molecular formula is C13H15N3O3S. The molecule has 0 unspecified atom stereocenters. The summed E-state index contributed by atoms with van der Waals surface area (Å²) in [5.41, 5.74) is 5.41. The normalized spacial score (nSPS) is 10.7. The summed E-state index contributed by atoms with van der Waals surface area (Å²) in [4.78, 5) is 22.8. The summed E-state index contributed by atoms with van der Waals surface area (Å²) in [5.74, 6) is -0.147. The van der Waals surface area contributed by atoms with Crippen LogP contribution in [0.25, 0.3) is 10.1 Å². The van der Waals surface area contributed by atoms with Crippen molar-refractivity contribution in [2.45, 2.75) is 12.8 Å². The highest BCUT2D eigenvalue weighted by atomic mass is 32.1. The number of carbonyl (C=O) groups excluding carboxylic acids is 1. The molecule has 1 heterocycles. The number of hydrogen-bond donors (Lipinski definition) is 2. The Hall–Kier alpha value is -1.99. The molecule has 1 amide bonds. The summed E-state index contributed by atoms with van der Waals surface area (Å²) in [7, 11) is 0. The highest BCUT2D eigenvalue weighted by molar-refractivity contribution is 7.20. The number of nitrogens with one attached hydrogen (secondary N) is 1.